The number of pyridine rings is 1. The van der Waals surface area contributed by atoms with Crippen LogP contribution in [0.25, 0.3) is 5.52 Å². The maximum Gasteiger partial charge on any atom is 0.113 e. The van der Waals surface area contributed by atoms with Crippen molar-refractivity contribution in [3.05, 3.63) is 35.9 Å². The van der Waals surface area contributed by atoms with Crippen molar-refractivity contribution < 1.29 is 0 Å². The van der Waals surface area contributed by atoms with E-state index in [0.29, 0.717) is 0 Å². The van der Waals surface area contributed by atoms with Crippen LogP contribution in [0.1, 0.15) is 25.4 Å². The van der Waals surface area contributed by atoms with E-state index in [-0.39, 0.29) is 6.04 Å². The normalized spacial score (nSPS) is 13.3. The summed E-state index contributed by atoms with van der Waals surface area (Å²) in [6, 6.07) is 6.34. The third kappa shape index (κ3) is 1.88. The maximum absolute atomic E-state index is 5.82. The number of fused-ring (bicyclic) bond motifs is 1. The van der Waals surface area contributed by atoms with Crippen molar-refractivity contribution in [2.24, 2.45) is 5.73 Å². The second-order valence-corrected chi connectivity index (χ2v) is 3.97. The van der Waals surface area contributed by atoms with Crippen LogP contribution in [0.4, 0.5) is 0 Å². The molecule has 2 N–H and O–H groups in total. The third-order valence-corrected chi connectivity index (χ3v) is 2.53. The maximum atomic E-state index is 5.82. The van der Waals surface area contributed by atoms with Gasteiger partial charge in [0, 0.05) is 25.1 Å². The Labute approximate surface area is 89.9 Å². The van der Waals surface area contributed by atoms with Gasteiger partial charge >= 0.3 is 0 Å². The first-order valence-electron chi connectivity index (χ1n) is 5.42. The molecule has 3 heteroatoms. The van der Waals surface area contributed by atoms with Gasteiger partial charge in [0.25, 0.3) is 0 Å². The largest absolute Gasteiger partial charge is 0.328 e. The van der Waals surface area contributed by atoms with E-state index in [1.54, 1.807) is 0 Å². The molecule has 2 aromatic heterocycles. The van der Waals surface area contributed by atoms with Crippen molar-refractivity contribution in [2.75, 3.05) is 0 Å². The second-order valence-electron chi connectivity index (χ2n) is 3.97. The Hall–Kier alpha value is -1.35. The first-order chi connectivity index (χ1) is 7.22. The zero-order valence-corrected chi connectivity index (χ0v) is 9.27. The Morgan fingerprint density at radius 1 is 1.47 bits per heavy atom. The van der Waals surface area contributed by atoms with Gasteiger partial charge in [0.15, 0.2) is 0 Å². The molecule has 15 heavy (non-hydrogen) atoms. The lowest BCUT2D eigenvalue weighted by molar-refractivity contribution is 0.726. The highest BCUT2D eigenvalue weighted by atomic mass is 15.0. The number of hydrogen-bond acceptors (Lipinski definition) is 2. The van der Waals surface area contributed by atoms with E-state index in [1.165, 1.54) is 5.52 Å². The van der Waals surface area contributed by atoms with Gasteiger partial charge in [-0.2, -0.15) is 0 Å². The van der Waals surface area contributed by atoms with E-state index in [9.17, 15) is 0 Å². The summed E-state index contributed by atoms with van der Waals surface area (Å²) in [7, 11) is 0. The molecule has 0 radical (unpaired) electrons. The van der Waals surface area contributed by atoms with Crippen molar-refractivity contribution >= 4 is 5.52 Å². The highest BCUT2D eigenvalue weighted by Gasteiger charge is 2.09. The standard InChI is InChI=1S/C12H17N3/c1-3-12-14-10(8-9(2)13)11-6-4-5-7-15(11)12/h4-7,9H,3,8,13H2,1-2H3. The van der Waals surface area contributed by atoms with E-state index >= 15 is 0 Å². The minimum atomic E-state index is 0.161. The summed E-state index contributed by atoms with van der Waals surface area (Å²) < 4.78 is 2.15. The minimum Gasteiger partial charge on any atom is -0.328 e. The highest BCUT2D eigenvalue weighted by Crippen LogP contribution is 2.14. The number of hydrogen-bond donors (Lipinski definition) is 1. The number of nitrogens with two attached hydrogens (primary N) is 1. The van der Waals surface area contributed by atoms with E-state index < -0.39 is 0 Å². The van der Waals surface area contributed by atoms with Crippen molar-refractivity contribution in [3.63, 3.8) is 0 Å². The van der Waals surface area contributed by atoms with Gasteiger partial charge in [0.1, 0.15) is 5.82 Å². The average Bonchev–Trinajstić information content (AvgIpc) is 2.56. The molecule has 0 amide bonds. The van der Waals surface area contributed by atoms with Crippen LogP contribution < -0.4 is 5.73 Å². The smallest absolute Gasteiger partial charge is 0.113 e. The molecule has 0 saturated carbocycles. The van der Waals surface area contributed by atoms with Crippen LogP contribution in [-0.2, 0) is 12.8 Å². The van der Waals surface area contributed by atoms with Crippen molar-refractivity contribution in [1.29, 1.82) is 0 Å². The molecule has 2 heterocycles. The van der Waals surface area contributed by atoms with E-state index in [1.807, 2.05) is 19.1 Å². The number of imidazole rings is 1. The molecule has 0 bridgehead atoms. The van der Waals surface area contributed by atoms with Gasteiger partial charge in [-0.15, -0.1) is 0 Å². The van der Waals surface area contributed by atoms with E-state index in [0.717, 1.165) is 24.4 Å². The molecule has 0 fully saturated rings. The van der Waals surface area contributed by atoms with Crippen LogP contribution in [0, 0.1) is 0 Å². The fourth-order valence-corrected chi connectivity index (χ4v) is 1.87. The van der Waals surface area contributed by atoms with E-state index in [2.05, 4.69) is 28.6 Å². The molecule has 0 aromatic carbocycles. The van der Waals surface area contributed by atoms with E-state index in [4.69, 9.17) is 5.73 Å². The average molecular weight is 203 g/mol. The van der Waals surface area contributed by atoms with Crippen LogP contribution >= 0.6 is 0 Å². The SMILES string of the molecule is CCc1nc(CC(C)N)c2ccccn12. The molecule has 80 valence electrons. The molecule has 0 saturated heterocycles. The molecule has 0 aliphatic carbocycles. The van der Waals surface area contributed by atoms with Crippen LogP contribution in [0.2, 0.25) is 0 Å². The first kappa shape index (κ1) is 10.2. The molecule has 3 nitrogen and oxygen atoms in total. The van der Waals surface area contributed by atoms with Gasteiger partial charge in [-0.25, -0.2) is 4.98 Å². The van der Waals surface area contributed by atoms with Gasteiger partial charge in [-0.3, -0.25) is 0 Å². The van der Waals surface area contributed by atoms with Gasteiger partial charge in [-0.1, -0.05) is 13.0 Å². The molecule has 1 unspecified atom stereocenters. The van der Waals surface area contributed by atoms with Crippen molar-refractivity contribution in [3.8, 4) is 0 Å². The number of nitrogens with zero attached hydrogens (tertiary/aromatic N) is 2. The Bertz CT molecular complexity index is 457. The third-order valence-electron chi connectivity index (χ3n) is 2.53. The van der Waals surface area contributed by atoms with Gasteiger partial charge in [0.2, 0.25) is 0 Å². The predicted molar refractivity (Wildman–Crippen MR) is 61.9 cm³/mol. The van der Waals surface area contributed by atoms with Crippen molar-refractivity contribution in [2.45, 2.75) is 32.7 Å². The molecule has 2 rings (SSSR count). The lowest BCUT2D eigenvalue weighted by Crippen LogP contribution is -2.18. The lowest BCUT2D eigenvalue weighted by Gasteiger charge is -2.01. The second kappa shape index (κ2) is 4.03. The summed E-state index contributed by atoms with van der Waals surface area (Å²) >= 11 is 0. The zero-order valence-electron chi connectivity index (χ0n) is 9.27. The number of aromatic nitrogens is 2. The first-order valence-corrected chi connectivity index (χ1v) is 5.42. The topological polar surface area (TPSA) is 43.3 Å². The minimum absolute atomic E-state index is 0.161. The summed E-state index contributed by atoms with van der Waals surface area (Å²) in [5.74, 6) is 1.11. The fraction of sp³-hybridized carbons (Fsp3) is 0.417. The Morgan fingerprint density at radius 3 is 2.93 bits per heavy atom. The molecule has 0 spiro atoms. The summed E-state index contributed by atoms with van der Waals surface area (Å²) in [5.41, 5.74) is 8.12. The monoisotopic (exact) mass is 203 g/mol. The Morgan fingerprint density at radius 2 is 2.27 bits per heavy atom. The molecule has 0 aliphatic rings. The van der Waals surface area contributed by atoms with Gasteiger partial charge in [-0.05, 0) is 19.1 Å². The highest BCUT2D eigenvalue weighted by molar-refractivity contribution is 5.53. The summed E-state index contributed by atoms with van der Waals surface area (Å²) in [6.45, 7) is 4.14. The van der Waals surface area contributed by atoms with Crippen LogP contribution in [0.3, 0.4) is 0 Å². The predicted octanol–water partition coefficient (Wildman–Crippen LogP) is 1.79. The summed E-state index contributed by atoms with van der Waals surface area (Å²) in [6.07, 6.45) is 3.85. The molecular formula is C12H17N3. The van der Waals surface area contributed by atoms with Gasteiger partial charge < -0.3 is 10.1 Å². The van der Waals surface area contributed by atoms with Crippen LogP contribution in [-0.4, -0.2) is 15.4 Å². The molecule has 1 atom stereocenters. The van der Waals surface area contributed by atoms with Crippen LogP contribution in [0.5, 0.6) is 0 Å². The van der Waals surface area contributed by atoms with Crippen LogP contribution in [0.15, 0.2) is 24.4 Å². The zero-order chi connectivity index (χ0) is 10.8. The summed E-state index contributed by atoms with van der Waals surface area (Å²) in [5, 5.41) is 0. The lowest BCUT2D eigenvalue weighted by atomic mass is 10.2. The fourth-order valence-electron chi connectivity index (χ4n) is 1.87. The summed E-state index contributed by atoms with van der Waals surface area (Å²) in [4.78, 5) is 4.63. The molecular weight excluding hydrogens is 186 g/mol. The quantitative estimate of drug-likeness (QED) is 0.826. The number of aryl methyl sites for hydroxylation is 1. The van der Waals surface area contributed by atoms with Crippen molar-refractivity contribution in [1.82, 2.24) is 9.38 Å². The Kier molecular flexibility index (Phi) is 2.73. The molecule has 0 aliphatic heterocycles. The number of rotatable bonds is 3. The Balaban J connectivity index is 2.55. The molecule has 2 aromatic rings. The van der Waals surface area contributed by atoms with Gasteiger partial charge in [0.05, 0.1) is 11.2 Å².